The number of nitrogens with zero attached hydrogens (tertiary/aromatic N) is 3. The number of benzene rings is 1. The summed E-state index contributed by atoms with van der Waals surface area (Å²) in [5, 5.41) is 3.13. The molecule has 0 fully saturated rings. The zero-order chi connectivity index (χ0) is 13.2. The molecule has 5 nitrogen and oxygen atoms in total. The van der Waals surface area contributed by atoms with E-state index in [1.54, 1.807) is 24.7 Å². The average Bonchev–Trinajstić information content (AvgIpc) is 2.87. The van der Waals surface area contributed by atoms with Crippen molar-refractivity contribution >= 4 is 28.7 Å². The summed E-state index contributed by atoms with van der Waals surface area (Å²) in [6.07, 6.45) is 3.21. The smallest absolute Gasteiger partial charge is 0.225 e. The maximum absolute atomic E-state index is 13.0. The van der Waals surface area contributed by atoms with Gasteiger partial charge in [-0.25, -0.2) is 14.4 Å². The van der Waals surface area contributed by atoms with Crippen molar-refractivity contribution in [3.63, 3.8) is 0 Å². The number of fused-ring (bicyclic) bond motifs is 1. The van der Waals surface area contributed by atoms with Crippen LogP contribution in [-0.4, -0.2) is 19.9 Å². The van der Waals surface area contributed by atoms with Crippen molar-refractivity contribution in [1.82, 2.24) is 19.9 Å². The first-order valence-corrected chi connectivity index (χ1v) is 5.94. The van der Waals surface area contributed by atoms with E-state index in [0.29, 0.717) is 18.1 Å². The first kappa shape index (κ1) is 11.9. The molecule has 0 aliphatic rings. The van der Waals surface area contributed by atoms with Crippen molar-refractivity contribution in [3.05, 3.63) is 47.1 Å². The molecule has 0 saturated heterocycles. The van der Waals surface area contributed by atoms with Crippen LogP contribution < -0.4 is 5.32 Å². The quantitative estimate of drug-likeness (QED) is 0.772. The van der Waals surface area contributed by atoms with E-state index in [9.17, 15) is 4.39 Å². The molecule has 3 aromatic rings. The van der Waals surface area contributed by atoms with Crippen molar-refractivity contribution in [1.29, 1.82) is 0 Å². The van der Waals surface area contributed by atoms with Crippen LogP contribution in [0.25, 0.3) is 11.2 Å². The number of rotatable bonds is 3. The Morgan fingerprint density at radius 2 is 2.21 bits per heavy atom. The normalized spacial score (nSPS) is 10.8. The summed E-state index contributed by atoms with van der Waals surface area (Å²) in [4.78, 5) is 15.3. The van der Waals surface area contributed by atoms with Gasteiger partial charge in [0.1, 0.15) is 11.3 Å². The van der Waals surface area contributed by atoms with Crippen molar-refractivity contribution < 1.29 is 4.39 Å². The third-order valence-corrected chi connectivity index (χ3v) is 2.90. The van der Waals surface area contributed by atoms with Gasteiger partial charge in [0, 0.05) is 6.54 Å². The molecule has 2 N–H and O–H groups in total. The van der Waals surface area contributed by atoms with Crippen LogP contribution in [0, 0.1) is 5.82 Å². The summed E-state index contributed by atoms with van der Waals surface area (Å²) in [6, 6.07) is 4.55. The predicted octanol–water partition coefficient (Wildman–Crippen LogP) is 2.76. The summed E-state index contributed by atoms with van der Waals surface area (Å²) < 4.78 is 13.0. The van der Waals surface area contributed by atoms with Crippen molar-refractivity contribution in [2.75, 3.05) is 5.32 Å². The maximum Gasteiger partial charge on any atom is 0.225 e. The zero-order valence-electron chi connectivity index (χ0n) is 9.69. The number of H-pyrrole nitrogens is 1. The Hall–Kier alpha value is -2.21. The molecule has 0 saturated carbocycles. The molecule has 0 atom stereocenters. The number of imidazole rings is 1. The molecule has 0 bridgehead atoms. The number of aromatic amines is 1. The van der Waals surface area contributed by atoms with Gasteiger partial charge in [-0.15, -0.1) is 0 Å². The summed E-state index contributed by atoms with van der Waals surface area (Å²) in [5.74, 6) is 0.0275. The van der Waals surface area contributed by atoms with E-state index in [2.05, 4.69) is 25.3 Å². The van der Waals surface area contributed by atoms with E-state index < -0.39 is 5.82 Å². The lowest BCUT2D eigenvalue weighted by Crippen LogP contribution is -2.03. The topological polar surface area (TPSA) is 66.5 Å². The number of hydrogen-bond donors (Lipinski definition) is 2. The molecule has 96 valence electrons. The van der Waals surface area contributed by atoms with Crippen LogP contribution in [0.5, 0.6) is 0 Å². The third kappa shape index (κ3) is 2.48. The molecule has 0 unspecified atom stereocenters. The van der Waals surface area contributed by atoms with E-state index >= 15 is 0 Å². The van der Waals surface area contributed by atoms with Gasteiger partial charge in [0.05, 0.1) is 17.5 Å². The lowest BCUT2D eigenvalue weighted by atomic mass is 10.2. The monoisotopic (exact) mass is 277 g/mol. The molecular formula is C12H9ClFN5. The number of halogens is 2. The van der Waals surface area contributed by atoms with Gasteiger partial charge in [-0.1, -0.05) is 17.7 Å². The fraction of sp³-hybridized carbons (Fsp3) is 0.0833. The molecule has 0 aliphatic heterocycles. The molecule has 2 aromatic heterocycles. The zero-order valence-corrected chi connectivity index (χ0v) is 10.4. The lowest BCUT2D eigenvalue weighted by molar-refractivity contribution is 0.627. The van der Waals surface area contributed by atoms with Gasteiger partial charge in [-0.3, -0.25) is 0 Å². The highest BCUT2D eigenvalue weighted by Crippen LogP contribution is 2.16. The Kier molecular flexibility index (Phi) is 3.00. The highest BCUT2D eigenvalue weighted by molar-refractivity contribution is 6.30. The van der Waals surface area contributed by atoms with Crippen LogP contribution in [0.1, 0.15) is 5.56 Å². The van der Waals surface area contributed by atoms with Gasteiger partial charge >= 0.3 is 0 Å². The molecule has 0 spiro atoms. The lowest BCUT2D eigenvalue weighted by Gasteiger charge is -2.05. The van der Waals surface area contributed by atoms with Crippen molar-refractivity contribution in [2.45, 2.75) is 6.54 Å². The molecule has 1 aromatic carbocycles. The van der Waals surface area contributed by atoms with E-state index in [1.807, 2.05) is 0 Å². The number of anilines is 1. The Morgan fingerprint density at radius 1 is 1.32 bits per heavy atom. The van der Waals surface area contributed by atoms with Crippen LogP contribution in [0.3, 0.4) is 0 Å². The van der Waals surface area contributed by atoms with Crippen LogP contribution in [-0.2, 0) is 6.54 Å². The van der Waals surface area contributed by atoms with Gasteiger partial charge in [0.2, 0.25) is 5.95 Å². The Morgan fingerprint density at radius 3 is 3.05 bits per heavy atom. The fourth-order valence-corrected chi connectivity index (χ4v) is 1.86. The minimum absolute atomic E-state index is 0.1000. The highest BCUT2D eigenvalue weighted by Gasteiger charge is 2.03. The van der Waals surface area contributed by atoms with Crippen molar-refractivity contribution in [2.24, 2.45) is 0 Å². The molecule has 3 rings (SSSR count). The maximum atomic E-state index is 13.0. The van der Waals surface area contributed by atoms with Crippen molar-refractivity contribution in [3.8, 4) is 0 Å². The Labute approximate surface area is 112 Å². The van der Waals surface area contributed by atoms with Crippen LogP contribution in [0.15, 0.2) is 30.7 Å². The second-order valence-corrected chi connectivity index (χ2v) is 4.34. The summed E-state index contributed by atoms with van der Waals surface area (Å²) in [6.45, 7) is 0.454. The highest BCUT2D eigenvalue weighted by atomic mass is 35.5. The standard InChI is InChI=1S/C12H9ClFN5/c13-8-3-7(1-2-9(8)14)4-15-12-16-5-10-11(19-12)18-6-17-10/h1-3,5-6H,4H2,(H2,15,16,17,18,19). The van der Waals surface area contributed by atoms with Gasteiger partial charge in [0.25, 0.3) is 0 Å². The summed E-state index contributed by atoms with van der Waals surface area (Å²) >= 11 is 5.71. The second kappa shape index (κ2) is 4.81. The molecular weight excluding hydrogens is 269 g/mol. The van der Waals surface area contributed by atoms with E-state index in [1.165, 1.54) is 6.07 Å². The number of aromatic nitrogens is 4. The first-order valence-electron chi connectivity index (χ1n) is 5.56. The number of nitrogens with one attached hydrogen (secondary N) is 2. The van der Waals surface area contributed by atoms with E-state index in [0.717, 1.165) is 11.1 Å². The second-order valence-electron chi connectivity index (χ2n) is 3.94. The largest absolute Gasteiger partial charge is 0.350 e. The molecule has 0 amide bonds. The summed E-state index contributed by atoms with van der Waals surface area (Å²) in [5.41, 5.74) is 2.21. The molecule has 0 aliphatic carbocycles. The fourth-order valence-electron chi connectivity index (χ4n) is 1.65. The minimum Gasteiger partial charge on any atom is -0.350 e. The predicted molar refractivity (Wildman–Crippen MR) is 70.4 cm³/mol. The first-order chi connectivity index (χ1) is 9.22. The average molecular weight is 278 g/mol. The molecule has 19 heavy (non-hydrogen) atoms. The third-order valence-electron chi connectivity index (χ3n) is 2.61. The summed E-state index contributed by atoms with van der Waals surface area (Å²) in [7, 11) is 0. The molecule has 2 heterocycles. The Balaban J connectivity index is 1.75. The Bertz CT molecular complexity index is 727. The van der Waals surface area contributed by atoms with Gasteiger partial charge in [-0.2, -0.15) is 4.98 Å². The van der Waals surface area contributed by atoms with Gasteiger partial charge in [-0.05, 0) is 17.7 Å². The minimum atomic E-state index is -0.431. The molecule has 7 heteroatoms. The number of hydrogen-bond acceptors (Lipinski definition) is 4. The van der Waals surface area contributed by atoms with E-state index in [4.69, 9.17) is 11.6 Å². The van der Waals surface area contributed by atoms with E-state index in [-0.39, 0.29) is 5.02 Å². The van der Waals surface area contributed by atoms with Crippen LogP contribution in [0.2, 0.25) is 5.02 Å². The van der Waals surface area contributed by atoms with Gasteiger partial charge < -0.3 is 10.3 Å². The SMILES string of the molecule is Fc1ccc(CNc2ncc3[nH]cnc3n2)cc1Cl. The van der Waals surface area contributed by atoms with Crippen LogP contribution in [0.4, 0.5) is 10.3 Å². The van der Waals surface area contributed by atoms with Gasteiger partial charge in [0.15, 0.2) is 5.65 Å². The van der Waals surface area contributed by atoms with Crippen LogP contribution >= 0.6 is 11.6 Å². The molecule has 0 radical (unpaired) electrons.